The Hall–Kier alpha value is -2.24. The molecule has 0 saturated carbocycles. The van der Waals surface area contributed by atoms with E-state index in [2.05, 4.69) is 10.6 Å². The Bertz CT molecular complexity index is 488. The Morgan fingerprint density at radius 3 is 2.50 bits per heavy atom. The molecule has 1 unspecified atom stereocenters. The molecule has 1 aromatic rings. The number of amides is 1. The van der Waals surface area contributed by atoms with Gasteiger partial charge in [0.05, 0.1) is 19.9 Å². The van der Waals surface area contributed by atoms with E-state index in [0.717, 1.165) is 0 Å². The highest BCUT2D eigenvalue weighted by atomic mass is 16.5. The van der Waals surface area contributed by atoms with Crippen LogP contribution in [0.5, 0.6) is 5.75 Å². The summed E-state index contributed by atoms with van der Waals surface area (Å²) in [5, 5.41) is 5.74. The van der Waals surface area contributed by atoms with Gasteiger partial charge in [-0.05, 0) is 24.6 Å². The topological polar surface area (TPSA) is 76.7 Å². The second-order valence-corrected chi connectivity index (χ2v) is 4.22. The molecule has 6 nitrogen and oxygen atoms in total. The van der Waals surface area contributed by atoms with Gasteiger partial charge in [-0.3, -0.25) is 4.79 Å². The molecule has 110 valence electrons. The highest BCUT2D eigenvalue weighted by molar-refractivity contribution is 5.90. The number of methoxy groups -OCH3 is 2. The zero-order valence-corrected chi connectivity index (χ0v) is 12.1. The Labute approximate surface area is 118 Å². The van der Waals surface area contributed by atoms with Crippen molar-refractivity contribution in [3.05, 3.63) is 18.2 Å². The van der Waals surface area contributed by atoms with E-state index in [4.69, 9.17) is 9.47 Å². The van der Waals surface area contributed by atoms with Crippen LogP contribution >= 0.6 is 0 Å². The average molecular weight is 280 g/mol. The summed E-state index contributed by atoms with van der Waals surface area (Å²) in [6, 6.07) is 4.69. The predicted octanol–water partition coefficient (Wildman–Crippen LogP) is 2.02. The van der Waals surface area contributed by atoms with E-state index in [-0.39, 0.29) is 11.9 Å². The normalized spacial score (nSPS) is 11.4. The third-order valence-electron chi connectivity index (χ3n) is 2.74. The molecule has 0 spiro atoms. The summed E-state index contributed by atoms with van der Waals surface area (Å²) in [7, 11) is 2.88. The van der Waals surface area contributed by atoms with Gasteiger partial charge in [-0.15, -0.1) is 0 Å². The van der Waals surface area contributed by atoms with Gasteiger partial charge in [0.2, 0.25) is 5.91 Å². The molecular weight excluding hydrogens is 260 g/mol. The summed E-state index contributed by atoms with van der Waals surface area (Å²) in [5.41, 5.74) is 1.25. The molecule has 1 atom stereocenters. The smallest absolute Gasteiger partial charge is 0.328 e. The summed E-state index contributed by atoms with van der Waals surface area (Å²) < 4.78 is 9.97. The van der Waals surface area contributed by atoms with Gasteiger partial charge in [-0.2, -0.15) is 0 Å². The largest absolute Gasteiger partial charge is 0.495 e. The molecule has 0 fully saturated rings. The summed E-state index contributed by atoms with van der Waals surface area (Å²) in [5.74, 6) is 0.0714. The number of hydrogen-bond donors (Lipinski definition) is 2. The lowest BCUT2D eigenvalue weighted by atomic mass is 10.2. The van der Waals surface area contributed by atoms with Crippen molar-refractivity contribution >= 4 is 23.3 Å². The number of carbonyl (C=O) groups excluding carboxylic acids is 2. The highest BCUT2D eigenvalue weighted by Crippen LogP contribution is 2.28. The fourth-order valence-electron chi connectivity index (χ4n) is 1.76. The standard InChI is InChI=1S/C14H20N2O4/c1-5-11(14(18)20-4)16-12-8-10(15-9(2)17)6-7-13(12)19-3/h6-8,11,16H,5H2,1-4H3,(H,15,17). The van der Waals surface area contributed by atoms with Crippen LogP contribution < -0.4 is 15.4 Å². The fourth-order valence-corrected chi connectivity index (χ4v) is 1.76. The third-order valence-corrected chi connectivity index (χ3v) is 2.74. The molecule has 0 heterocycles. The number of ether oxygens (including phenoxy) is 2. The Morgan fingerprint density at radius 2 is 2.00 bits per heavy atom. The van der Waals surface area contributed by atoms with Crippen LogP contribution in [-0.4, -0.2) is 32.1 Å². The zero-order chi connectivity index (χ0) is 15.1. The number of rotatable bonds is 6. The maximum Gasteiger partial charge on any atom is 0.328 e. The van der Waals surface area contributed by atoms with E-state index in [1.165, 1.54) is 21.1 Å². The Kier molecular flexibility index (Phi) is 5.83. The lowest BCUT2D eigenvalue weighted by Crippen LogP contribution is -2.30. The molecule has 0 bridgehead atoms. The number of anilines is 2. The van der Waals surface area contributed by atoms with Crippen LogP contribution in [0.2, 0.25) is 0 Å². The molecule has 20 heavy (non-hydrogen) atoms. The molecule has 0 aliphatic carbocycles. The SMILES string of the molecule is CCC(Nc1cc(NC(C)=O)ccc1OC)C(=O)OC. The molecule has 1 amide bonds. The van der Waals surface area contributed by atoms with Crippen LogP contribution in [0.15, 0.2) is 18.2 Å². The predicted molar refractivity (Wildman–Crippen MR) is 77.0 cm³/mol. The van der Waals surface area contributed by atoms with Gasteiger partial charge in [0.25, 0.3) is 0 Å². The maximum absolute atomic E-state index is 11.6. The van der Waals surface area contributed by atoms with E-state index in [1.807, 2.05) is 6.92 Å². The minimum atomic E-state index is -0.471. The van der Waals surface area contributed by atoms with Gasteiger partial charge in [-0.1, -0.05) is 6.92 Å². The molecular formula is C14H20N2O4. The van der Waals surface area contributed by atoms with Crippen LogP contribution in [0.4, 0.5) is 11.4 Å². The lowest BCUT2D eigenvalue weighted by Gasteiger charge is -2.18. The molecule has 0 aliphatic rings. The summed E-state index contributed by atoms with van der Waals surface area (Å²) in [4.78, 5) is 22.7. The summed E-state index contributed by atoms with van der Waals surface area (Å²) >= 11 is 0. The maximum atomic E-state index is 11.6. The van der Waals surface area contributed by atoms with E-state index in [9.17, 15) is 9.59 Å². The van der Waals surface area contributed by atoms with Crippen LogP contribution in [-0.2, 0) is 14.3 Å². The quantitative estimate of drug-likeness (QED) is 0.780. The molecule has 1 rings (SSSR count). The molecule has 0 aromatic heterocycles. The van der Waals surface area contributed by atoms with Gasteiger partial charge in [0, 0.05) is 12.6 Å². The second-order valence-electron chi connectivity index (χ2n) is 4.22. The van der Waals surface area contributed by atoms with Crippen LogP contribution in [0.25, 0.3) is 0 Å². The summed E-state index contributed by atoms with van der Waals surface area (Å²) in [6.07, 6.45) is 0.570. The molecule has 1 aromatic carbocycles. The summed E-state index contributed by atoms with van der Waals surface area (Å²) in [6.45, 7) is 3.30. The molecule has 2 N–H and O–H groups in total. The zero-order valence-electron chi connectivity index (χ0n) is 12.1. The van der Waals surface area contributed by atoms with Crippen LogP contribution in [0, 0.1) is 0 Å². The fraction of sp³-hybridized carbons (Fsp3) is 0.429. The third kappa shape index (κ3) is 4.15. The molecule has 6 heteroatoms. The van der Waals surface area contributed by atoms with E-state index < -0.39 is 6.04 Å². The van der Waals surface area contributed by atoms with Crippen molar-refractivity contribution in [3.8, 4) is 5.75 Å². The van der Waals surface area contributed by atoms with Crippen molar-refractivity contribution in [1.82, 2.24) is 0 Å². The van der Waals surface area contributed by atoms with Gasteiger partial charge in [0.1, 0.15) is 11.8 Å². The van der Waals surface area contributed by atoms with Gasteiger partial charge >= 0.3 is 5.97 Å². The van der Waals surface area contributed by atoms with Crippen molar-refractivity contribution in [2.75, 3.05) is 24.9 Å². The van der Waals surface area contributed by atoms with E-state index in [0.29, 0.717) is 23.5 Å². The molecule has 0 saturated heterocycles. The number of esters is 1. The van der Waals surface area contributed by atoms with Crippen molar-refractivity contribution in [3.63, 3.8) is 0 Å². The second kappa shape index (κ2) is 7.37. The highest BCUT2D eigenvalue weighted by Gasteiger charge is 2.18. The van der Waals surface area contributed by atoms with Crippen LogP contribution in [0.1, 0.15) is 20.3 Å². The first kappa shape index (κ1) is 15.8. The number of benzene rings is 1. The van der Waals surface area contributed by atoms with Crippen molar-refractivity contribution in [2.45, 2.75) is 26.3 Å². The first-order valence-electron chi connectivity index (χ1n) is 6.31. The molecule has 0 aliphatic heterocycles. The van der Waals surface area contributed by atoms with Gasteiger partial charge in [-0.25, -0.2) is 4.79 Å². The van der Waals surface area contributed by atoms with Gasteiger partial charge < -0.3 is 20.1 Å². The Balaban J connectivity index is 3.00. The van der Waals surface area contributed by atoms with Crippen molar-refractivity contribution in [2.24, 2.45) is 0 Å². The molecule has 0 radical (unpaired) electrons. The number of carbonyl (C=O) groups is 2. The van der Waals surface area contributed by atoms with Crippen molar-refractivity contribution < 1.29 is 19.1 Å². The first-order valence-corrected chi connectivity index (χ1v) is 6.31. The first-order chi connectivity index (χ1) is 9.51. The van der Waals surface area contributed by atoms with E-state index >= 15 is 0 Å². The average Bonchev–Trinajstić information content (AvgIpc) is 2.43. The number of nitrogens with one attached hydrogen (secondary N) is 2. The van der Waals surface area contributed by atoms with Gasteiger partial charge in [0.15, 0.2) is 0 Å². The monoisotopic (exact) mass is 280 g/mol. The van der Waals surface area contributed by atoms with E-state index in [1.54, 1.807) is 18.2 Å². The lowest BCUT2D eigenvalue weighted by molar-refractivity contribution is -0.141. The van der Waals surface area contributed by atoms with Crippen LogP contribution in [0.3, 0.4) is 0 Å². The minimum absolute atomic E-state index is 0.166. The number of hydrogen-bond acceptors (Lipinski definition) is 5. The van der Waals surface area contributed by atoms with Crippen molar-refractivity contribution in [1.29, 1.82) is 0 Å². The minimum Gasteiger partial charge on any atom is -0.495 e. The Morgan fingerprint density at radius 1 is 1.30 bits per heavy atom.